The maximum atomic E-state index is 13.8. The van der Waals surface area contributed by atoms with Crippen molar-refractivity contribution < 1.29 is 13.9 Å². The third-order valence-electron chi connectivity index (χ3n) is 3.54. The van der Waals surface area contributed by atoms with Crippen molar-refractivity contribution in [3.63, 3.8) is 0 Å². The van der Waals surface area contributed by atoms with Crippen LogP contribution in [0.4, 0.5) is 4.39 Å². The summed E-state index contributed by atoms with van der Waals surface area (Å²) < 4.78 is 25.5. The van der Waals surface area contributed by atoms with Gasteiger partial charge in [0.1, 0.15) is 11.9 Å². The molecule has 18 heavy (non-hydrogen) atoms. The summed E-state index contributed by atoms with van der Waals surface area (Å²) in [6.07, 6.45) is 1.17. The van der Waals surface area contributed by atoms with Gasteiger partial charge in [0.2, 0.25) is 0 Å². The molecule has 1 aromatic rings. The lowest BCUT2D eigenvalue weighted by Gasteiger charge is -2.32. The van der Waals surface area contributed by atoms with Gasteiger partial charge in [-0.25, -0.2) is 4.39 Å². The van der Waals surface area contributed by atoms with E-state index in [1.54, 1.807) is 12.1 Å². The summed E-state index contributed by atoms with van der Waals surface area (Å²) in [7, 11) is 0. The topological polar surface area (TPSA) is 30.5 Å². The highest BCUT2D eigenvalue weighted by molar-refractivity contribution is 6.31. The minimum absolute atomic E-state index is 0.331. The van der Waals surface area contributed by atoms with Crippen molar-refractivity contribution in [2.24, 2.45) is 0 Å². The maximum Gasteiger partial charge on any atom is 0.171 e. The van der Waals surface area contributed by atoms with E-state index in [9.17, 15) is 4.39 Å². The number of rotatable bonds is 1. The van der Waals surface area contributed by atoms with E-state index < -0.39 is 11.9 Å². The van der Waals surface area contributed by atoms with Crippen molar-refractivity contribution in [2.45, 2.75) is 24.7 Å². The van der Waals surface area contributed by atoms with Gasteiger partial charge in [-0.3, -0.25) is 0 Å². The minimum atomic E-state index is -0.554. The van der Waals surface area contributed by atoms with Crippen molar-refractivity contribution in [1.82, 2.24) is 5.32 Å². The fraction of sp³-hybridized carbons (Fsp3) is 0.538. The molecule has 0 aliphatic carbocycles. The lowest BCUT2D eigenvalue weighted by Crippen LogP contribution is -2.42. The van der Waals surface area contributed by atoms with E-state index in [2.05, 4.69) is 5.32 Å². The molecule has 1 unspecified atom stereocenters. The van der Waals surface area contributed by atoms with Crippen LogP contribution in [0.15, 0.2) is 18.2 Å². The van der Waals surface area contributed by atoms with E-state index in [1.165, 1.54) is 6.07 Å². The monoisotopic (exact) mass is 271 g/mol. The molecule has 0 radical (unpaired) electrons. The van der Waals surface area contributed by atoms with Crippen LogP contribution in [-0.2, 0) is 9.47 Å². The standard InChI is InChI=1S/C13H15ClFNO2/c14-9-2-1-3-10(15)12(9)11-8-17-13(18-11)4-6-16-7-5-13/h1-3,11,16H,4-8H2. The quantitative estimate of drug-likeness (QED) is 0.852. The first-order chi connectivity index (χ1) is 8.70. The van der Waals surface area contributed by atoms with Gasteiger partial charge in [0.15, 0.2) is 5.79 Å². The highest BCUT2D eigenvalue weighted by atomic mass is 35.5. The molecule has 3 nitrogen and oxygen atoms in total. The lowest BCUT2D eigenvalue weighted by molar-refractivity contribution is -0.184. The third-order valence-corrected chi connectivity index (χ3v) is 3.87. The first-order valence-electron chi connectivity index (χ1n) is 6.17. The molecule has 2 fully saturated rings. The van der Waals surface area contributed by atoms with Gasteiger partial charge in [0, 0.05) is 36.5 Å². The average molecular weight is 272 g/mol. The number of nitrogens with one attached hydrogen (secondary N) is 1. The SMILES string of the molecule is Fc1cccc(Cl)c1C1COC2(CCNCC2)O1. The number of piperidine rings is 1. The van der Waals surface area contributed by atoms with Crippen molar-refractivity contribution in [2.75, 3.05) is 19.7 Å². The van der Waals surface area contributed by atoms with Crippen molar-refractivity contribution in [3.8, 4) is 0 Å². The molecule has 1 aromatic carbocycles. The highest BCUT2D eigenvalue weighted by Crippen LogP contribution is 2.41. The zero-order chi connectivity index (χ0) is 12.6. The Balaban J connectivity index is 1.83. The second-order valence-electron chi connectivity index (χ2n) is 4.71. The van der Waals surface area contributed by atoms with Crippen molar-refractivity contribution in [3.05, 3.63) is 34.6 Å². The van der Waals surface area contributed by atoms with Crippen LogP contribution >= 0.6 is 11.6 Å². The van der Waals surface area contributed by atoms with Gasteiger partial charge in [-0.1, -0.05) is 17.7 Å². The van der Waals surface area contributed by atoms with Crippen molar-refractivity contribution >= 4 is 11.6 Å². The zero-order valence-corrected chi connectivity index (χ0v) is 10.7. The van der Waals surface area contributed by atoms with E-state index in [-0.39, 0.29) is 5.82 Å². The maximum absolute atomic E-state index is 13.8. The van der Waals surface area contributed by atoms with Crippen LogP contribution in [0, 0.1) is 5.82 Å². The molecule has 3 rings (SSSR count). The molecule has 98 valence electrons. The van der Waals surface area contributed by atoms with Crippen LogP contribution < -0.4 is 5.32 Å². The molecular formula is C13H15ClFNO2. The second kappa shape index (κ2) is 4.78. The Labute approximate surface area is 110 Å². The van der Waals surface area contributed by atoms with Gasteiger partial charge in [-0.05, 0) is 12.1 Å². The molecule has 2 aliphatic heterocycles. The van der Waals surface area contributed by atoms with Crippen LogP contribution in [0.2, 0.25) is 5.02 Å². The number of halogens is 2. The Hall–Kier alpha value is -0.680. The fourth-order valence-corrected chi connectivity index (χ4v) is 2.87. The molecule has 2 saturated heterocycles. The van der Waals surface area contributed by atoms with E-state index in [1.807, 2.05) is 0 Å². The Morgan fingerprint density at radius 1 is 1.33 bits per heavy atom. The number of hydrogen-bond acceptors (Lipinski definition) is 3. The smallest absolute Gasteiger partial charge is 0.171 e. The van der Waals surface area contributed by atoms with E-state index in [0.29, 0.717) is 17.2 Å². The Morgan fingerprint density at radius 2 is 2.11 bits per heavy atom. The van der Waals surface area contributed by atoms with Gasteiger partial charge >= 0.3 is 0 Å². The number of ether oxygens (including phenoxy) is 2. The van der Waals surface area contributed by atoms with Crippen LogP contribution in [0.3, 0.4) is 0 Å². The molecule has 1 N–H and O–H groups in total. The normalized spacial score (nSPS) is 26.7. The largest absolute Gasteiger partial charge is 0.347 e. The predicted octanol–water partition coefficient (Wildman–Crippen LogP) is 2.65. The summed E-state index contributed by atoms with van der Waals surface area (Å²) >= 11 is 6.05. The van der Waals surface area contributed by atoms with Crippen LogP contribution in [-0.4, -0.2) is 25.5 Å². The molecule has 0 bridgehead atoms. The summed E-state index contributed by atoms with van der Waals surface area (Å²) in [5.74, 6) is -0.885. The zero-order valence-electron chi connectivity index (χ0n) is 9.92. The molecule has 1 spiro atoms. The summed E-state index contributed by atoms with van der Waals surface area (Å²) in [5.41, 5.74) is 0.412. The van der Waals surface area contributed by atoms with Gasteiger partial charge in [-0.15, -0.1) is 0 Å². The number of benzene rings is 1. The van der Waals surface area contributed by atoms with E-state index >= 15 is 0 Å². The Morgan fingerprint density at radius 3 is 2.83 bits per heavy atom. The lowest BCUT2D eigenvalue weighted by atomic mass is 10.1. The predicted molar refractivity (Wildman–Crippen MR) is 66.0 cm³/mol. The Kier molecular flexibility index (Phi) is 3.28. The van der Waals surface area contributed by atoms with E-state index in [4.69, 9.17) is 21.1 Å². The average Bonchev–Trinajstić information content (AvgIpc) is 2.74. The summed E-state index contributed by atoms with van der Waals surface area (Å²) in [6.45, 7) is 2.08. The van der Waals surface area contributed by atoms with Crippen molar-refractivity contribution in [1.29, 1.82) is 0 Å². The molecule has 5 heteroatoms. The molecule has 2 heterocycles. The van der Waals surface area contributed by atoms with E-state index in [0.717, 1.165) is 25.9 Å². The molecule has 1 atom stereocenters. The first-order valence-corrected chi connectivity index (χ1v) is 6.54. The highest BCUT2D eigenvalue weighted by Gasteiger charge is 2.43. The molecule has 0 amide bonds. The fourth-order valence-electron chi connectivity index (χ4n) is 2.59. The van der Waals surface area contributed by atoms with Gasteiger partial charge in [0.25, 0.3) is 0 Å². The van der Waals surface area contributed by atoms with Gasteiger partial charge in [0.05, 0.1) is 6.61 Å². The minimum Gasteiger partial charge on any atom is -0.347 e. The van der Waals surface area contributed by atoms with Crippen LogP contribution in [0.1, 0.15) is 24.5 Å². The molecular weight excluding hydrogens is 257 g/mol. The first kappa shape index (κ1) is 12.4. The second-order valence-corrected chi connectivity index (χ2v) is 5.12. The van der Waals surface area contributed by atoms with Gasteiger partial charge < -0.3 is 14.8 Å². The van der Waals surface area contributed by atoms with Gasteiger partial charge in [-0.2, -0.15) is 0 Å². The van der Waals surface area contributed by atoms with Crippen LogP contribution in [0.5, 0.6) is 0 Å². The molecule has 0 aromatic heterocycles. The molecule has 0 saturated carbocycles. The summed E-state index contributed by atoms with van der Waals surface area (Å²) in [5, 5.41) is 3.65. The van der Waals surface area contributed by atoms with Crippen LogP contribution in [0.25, 0.3) is 0 Å². The number of hydrogen-bond donors (Lipinski definition) is 1. The Bertz CT molecular complexity index is 428. The molecule has 2 aliphatic rings. The summed E-state index contributed by atoms with van der Waals surface area (Å²) in [6, 6.07) is 4.67. The summed E-state index contributed by atoms with van der Waals surface area (Å²) in [4.78, 5) is 0. The third kappa shape index (κ3) is 2.14.